The van der Waals surface area contributed by atoms with E-state index in [1.165, 1.54) is 0 Å². The van der Waals surface area contributed by atoms with Crippen LogP contribution in [0.5, 0.6) is 0 Å². The van der Waals surface area contributed by atoms with Crippen LogP contribution in [0.4, 0.5) is 0 Å². The highest BCUT2D eigenvalue weighted by molar-refractivity contribution is 5.96. The van der Waals surface area contributed by atoms with Crippen LogP contribution in [0.1, 0.15) is 68.2 Å². The van der Waals surface area contributed by atoms with Crippen molar-refractivity contribution in [1.29, 1.82) is 0 Å². The number of carboxylic acid groups (broad SMARTS) is 2. The van der Waals surface area contributed by atoms with Crippen LogP contribution >= 0.6 is 0 Å². The molecular formula is C26H22N2O5. The summed E-state index contributed by atoms with van der Waals surface area (Å²) in [6.07, 6.45) is 0.747. The third kappa shape index (κ3) is 3.56. The first-order chi connectivity index (χ1) is 15.9. The maximum absolute atomic E-state index is 12.1. The number of aliphatic hydroxyl groups is 1. The van der Waals surface area contributed by atoms with Crippen LogP contribution in [0, 0.1) is 6.92 Å². The smallest absolute Gasteiger partial charge is 0.354 e. The van der Waals surface area contributed by atoms with Crippen molar-refractivity contribution in [2.45, 2.75) is 31.8 Å². The molecule has 1 saturated carbocycles. The first-order valence-electron chi connectivity index (χ1n) is 10.7. The lowest BCUT2D eigenvalue weighted by molar-refractivity contribution is 0.0680. The Morgan fingerprint density at radius 1 is 0.970 bits per heavy atom. The molecule has 0 saturated heterocycles. The molecule has 1 atom stereocenters. The summed E-state index contributed by atoms with van der Waals surface area (Å²) in [6.45, 7) is 1.87. The van der Waals surface area contributed by atoms with Gasteiger partial charge in [-0.3, -0.25) is 4.40 Å². The molecule has 33 heavy (non-hydrogen) atoms. The molecule has 2 aromatic carbocycles. The predicted molar refractivity (Wildman–Crippen MR) is 122 cm³/mol. The van der Waals surface area contributed by atoms with E-state index in [1.807, 2.05) is 13.0 Å². The van der Waals surface area contributed by atoms with Gasteiger partial charge in [-0.05, 0) is 54.2 Å². The molecule has 7 nitrogen and oxygen atoms in total. The molecule has 166 valence electrons. The number of aromatic carboxylic acids is 2. The van der Waals surface area contributed by atoms with Crippen LogP contribution < -0.4 is 0 Å². The number of carboxylic acids is 2. The average molecular weight is 442 g/mol. The Hall–Kier alpha value is -3.97. The number of aliphatic hydroxyl groups excluding tert-OH is 1. The number of fused-ring (bicyclic) bond motifs is 1. The molecule has 0 aliphatic heterocycles. The number of imidazole rings is 1. The van der Waals surface area contributed by atoms with Crippen LogP contribution in [0.25, 0.3) is 16.8 Å². The molecular weight excluding hydrogens is 420 g/mol. The molecule has 1 aliphatic carbocycles. The fourth-order valence-electron chi connectivity index (χ4n) is 4.31. The zero-order valence-corrected chi connectivity index (χ0v) is 17.9. The number of nitrogens with zero attached hydrogens (tertiary/aromatic N) is 2. The lowest BCUT2D eigenvalue weighted by Crippen LogP contribution is -2.12. The standard InChI is InChI=1S/C26H22N2O5/c1-14-6-13-20(28-22(26(32)33)21(16-9-10-16)27-24(14)28)23(29)17-11-7-15(8-12-17)18-4-2-3-5-19(18)25(30)31/h2-8,11-13,16,23,29H,9-10H2,1H3,(H,30,31)(H,32,33). The molecule has 5 rings (SSSR count). The fourth-order valence-corrected chi connectivity index (χ4v) is 4.31. The average Bonchev–Trinajstić information content (AvgIpc) is 3.58. The summed E-state index contributed by atoms with van der Waals surface area (Å²) in [5.41, 5.74) is 4.54. The fraction of sp³-hybridized carbons (Fsp3) is 0.192. The second-order valence-corrected chi connectivity index (χ2v) is 8.40. The quantitative estimate of drug-likeness (QED) is 0.400. The summed E-state index contributed by atoms with van der Waals surface area (Å²) in [5, 5.41) is 30.6. The molecule has 0 radical (unpaired) electrons. The molecule has 1 unspecified atom stereocenters. The third-order valence-electron chi connectivity index (χ3n) is 6.16. The molecule has 0 spiro atoms. The number of rotatable bonds is 6. The zero-order valence-electron chi connectivity index (χ0n) is 17.9. The lowest BCUT2D eigenvalue weighted by atomic mass is 9.97. The largest absolute Gasteiger partial charge is 0.478 e. The molecule has 1 fully saturated rings. The SMILES string of the molecule is Cc1ccc(C(O)c2ccc(-c3ccccc3C(=O)O)cc2)n2c(C(=O)O)c(C3CC3)nc12. The maximum atomic E-state index is 12.1. The van der Waals surface area contributed by atoms with Crippen molar-refractivity contribution in [3.8, 4) is 11.1 Å². The number of carbonyl (C=O) groups is 2. The number of benzene rings is 2. The third-order valence-corrected chi connectivity index (χ3v) is 6.16. The number of hydrogen-bond donors (Lipinski definition) is 3. The first-order valence-corrected chi connectivity index (χ1v) is 10.7. The second kappa shape index (κ2) is 7.86. The van der Waals surface area contributed by atoms with Gasteiger partial charge in [0.05, 0.1) is 17.0 Å². The van der Waals surface area contributed by atoms with Crippen molar-refractivity contribution in [3.63, 3.8) is 0 Å². The van der Waals surface area contributed by atoms with E-state index in [0.29, 0.717) is 33.7 Å². The monoisotopic (exact) mass is 442 g/mol. The van der Waals surface area contributed by atoms with Gasteiger partial charge in [0.2, 0.25) is 0 Å². The highest BCUT2D eigenvalue weighted by Gasteiger charge is 2.34. The van der Waals surface area contributed by atoms with Crippen molar-refractivity contribution in [2.75, 3.05) is 0 Å². The van der Waals surface area contributed by atoms with Crippen molar-refractivity contribution in [2.24, 2.45) is 0 Å². The number of aromatic nitrogens is 2. The Kier molecular flexibility index (Phi) is 4.98. The molecule has 0 bridgehead atoms. The van der Waals surface area contributed by atoms with Crippen LogP contribution in [0.3, 0.4) is 0 Å². The van der Waals surface area contributed by atoms with Crippen LogP contribution in [-0.4, -0.2) is 36.6 Å². The van der Waals surface area contributed by atoms with Gasteiger partial charge in [-0.2, -0.15) is 0 Å². The van der Waals surface area contributed by atoms with Crippen LogP contribution in [0.2, 0.25) is 0 Å². The Bertz CT molecular complexity index is 1400. The van der Waals surface area contributed by atoms with Gasteiger partial charge in [0, 0.05) is 5.92 Å². The molecule has 2 aromatic heterocycles. The molecule has 1 aliphatic rings. The first kappa shape index (κ1) is 20.9. The van der Waals surface area contributed by atoms with E-state index in [2.05, 4.69) is 4.98 Å². The highest BCUT2D eigenvalue weighted by Crippen LogP contribution is 2.42. The molecule has 0 amide bonds. The van der Waals surface area contributed by atoms with Crippen molar-refractivity contribution < 1.29 is 24.9 Å². The van der Waals surface area contributed by atoms with E-state index in [9.17, 15) is 24.9 Å². The number of pyridine rings is 1. The minimum atomic E-state index is -1.09. The molecule has 3 N–H and O–H groups in total. The van der Waals surface area contributed by atoms with Gasteiger partial charge < -0.3 is 15.3 Å². The van der Waals surface area contributed by atoms with Crippen LogP contribution in [-0.2, 0) is 0 Å². The summed E-state index contributed by atoms with van der Waals surface area (Å²) in [5.74, 6) is -1.93. The maximum Gasteiger partial charge on any atom is 0.354 e. The molecule has 4 aromatic rings. The van der Waals surface area contributed by atoms with Crippen molar-refractivity contribution >= 4 is 17.6 Å². The highest BCUT2D eigenvalue weighted by atomic mass is 16.4. The molecule has 2 heterocycles. The van der Waals surface area contributed by atoms with Gasteiger partial charge in [-0.25, -0.2) is 14.6 Å². The molecule has 7 heteroatoms. The van der Waals surface area contributed by atoms with Crippen LogP contribution in [0.15, 0.2) is 60.7 Å². The van der Waals surface area contributed by atoms with Crippen molar-refractivity contribution in [1.82, 2.24) is 9.38 Å². The summed E-state index contributed by atoms with van der Waals surface area (Å²) < 4.78 is 1.56. The normalized spacial score (nSPS) is 14.4. The van der Waals surface area contributed by atoms with E-state index in [4.69, 9.17) is 0 Å². The zero-order chi connectivity index (χ0) is 23.3. The number of aryl methyl sites for hydroxylation is 1. The van der Waals surface area contributed by atoms with E-state index in [1.54, 1.807) is 59.0 Å². The van der Waals surface area contributed by atoms with Gasteiger partial charge in [-0.15, -0.1) is 0 Å². The Morgan fingerprint density at radius 2 is 1.67 bits per heavy atom. The van der Waals surface area contributed by atoms with E-state index >= 15 is 0 Å². The van der Waals surface area contributed by atoms with Gasteiger partial charge >= 0.3 is 11.9 Å². The Labute approximate surface area is 189 Å². The second-order valence-electron chi connectivity index (χ2n) is 8.40. The predicted octanol–water partition coefficient (Wildman–Crippen LogP) is 4.67. The minimum Gasteiger partial charge on any atom is -0.478 e. The minimum absolute atomic E-state index is 0.109. The summed E-state index contributed by atoms with van der Waals surface area (Å²) in [6, 6.07) is 17.3. The van der Waals surface area contributed by atoms with E-state index in [0.717, 1.165) is 18.4 Å². The summed E-state index contributed by atoms with van der Waals surface area (Å²) in [7, 11) is 0. The van der Waals surface area contributed by atoms with Gasteiger partial charge in [-0.1, -0.05) is 48.5 Å². The van der Waals surface area contributed by atoms with E-state index in [-0.39, 0.29) is 17.2 Å². The van der Waals surface area contributed by atoms with Crippen molar-refractivity contribution in [3.05, 3.63) is 94.4 Å². The van der Waals surface area contributed by atoms with Gasteiger partial charge in [0.1, 0.15) is 11.8 Å². The Morgan fingerprint density at radius 3 is 2.30 bits per heavy atom. The number of hydrogen-bond acceptors (Lipinski definition) is 4. The summed E-state index contributed by atoms with van der Waals surface area (Å²) in [4.78, 5) is 28.3. The van der Waals surface area contributed by atoms with E-state index < -0.39 is 18.0 Å². The van der Waals surface area contributed by atoms with Gasteiger partial charge in [0.25, 0.3) is 0 Å². The summed E-state index contributed by atoms with van der Waals surface area (Å²) >= 11 is 0. The topological polar surface area (TPSA) is 112 Å². The Balaban J connectivity index is 1.59. The van der Waals surface area contributed by atoms with Gasteiger partial charge in [0.15, 0.2) is 5.69 Å². The lowest BCUT2D eigenvalue weighted by Gasteiger charge is -2.16.